The topological polar surface area (TPSA) is 194 Å². The number of benzene rings is 4. The van der Waals surface area contributed by atoms with E-state index in [1.54, 1.807) is 24.3 Å². The van der Waals surface area contributed by atoms with Crippen LogP contribution in [0.25, 0.3) is 32.3 Å². The molecule has 0 radical (unpaired) electrons. The zero-order valence-corrected chi connectivity index (χ0v) is 23.5. The number of nitrogen functional groups attached to an aromatic ring is 1. The minimum atomic E-state index is -4.96. The molecule has 0 atom stereocenters. The second-order valence-corrected chi connectivity index (χ2v) is 10.3. The van der Waals surface area contributed by atoms with Gasteiger partial charge in [-0.2, -0.15) is 8.42 Å². The molecule has 0 heterocycles. The third kappa shape index (κ3) is 3.90. The van der Waals surface area contributed by atoms with Gasteiger partial charge in [0, 0.05) is 21.5 Å². The molecule has 0 saturated heterocycles. The minimum Gasteiger partial charge on any atom is -0.872 e. The summed E-state index contributed by atoms with van der Waals surface area (Å²) in [5.41, 5.74) is 4.02. The quantitative estimate of drug-likeness (QED) is 0.0875. The van der Waals surface area contributed by atoms with Gasteiger partial charge in [-0.05, 0) is 23.6 Å². The molecule has 0 saturated carbocycles. The SMILES string of the molecule is N=c1ccc(=Nc2cc(S(=O)(=O)O)c(N)c3c(O)c4ccccc4c([O-])c23)c2c(=O)c3ccccc3c(=O)c1=2.[Na+]. The van der Waals surface area contributed by atoms with Crippen molar-refractivity contribution in [2.24, 2.45) is 4.99 Å². The fraction of sp³-hybridized carbons (Fsp3) is 0. The Kier molecular flexibility index (Phi) is 6.52. The van der Waals surface area contributed by atoms with Crippen LogP contribution in [0, 0.1) is 15.8 Å². The molecule has 5 N–H and O–H groups in total. The number of nitrogens with zero attached hydrogens (tertiary/aromatic N) is 1. The molecule has 6 rings (SSSR count). The number of fused-ring (bicyclic) bond motifs is 3. The second kappa shape index (κ2) is 9.51. The molecule has 0 fully saturated rings. The predicted molar refractivity (Wildman–Crippen MR) is 142 cm³/mol. The normalized spacial score (nSPS) is 12.4. The number of nitrogens with one attached hydrogen (secondary N) is 1. The van der Waals surface area contributed by atoms with Gasteiger partial charge in [-0.3, -0.25) is 14.1 Å². The van der Waals surface area contributed by atoms with Crippen LogP contribution in [0.15, 0.2) is 86.2 Å². The fourth-order valence-corrected chi connectivity index (χ4v) is 5.66. The standard InChI is InChI=1S/C28H17N3O7S.Na/c29-16-9-10-17(21-20(16)25(32)12-5-1-2-6-13(12)26(21)33)31-18-11-19(39(36,37)38)24(30)23-22(18)27(34)14-7-3-4-8-15(14)28(23)35;/h1-11,29,34-35H,30H2,(H,36,37,38);/q;+1/p-1. The zero-order chi connectivity index (χ0) is 27.8. The maximum Gasteiger partial charge on any atom is 1.00 e. The van der Waals surface area contributed by atoms with Crippen LogP contribution in [0.3, 0.4) is 0 Å². The van der Waals surface area contributed by atoms with Crippen LogP contribution in [0.5, 0.6) is 11.5 Å². The van der Waals surface area contributed by atoms with Crippen LogP contribution in [-0.4, -0.2) is 18.1 Å². The summed E-state index contributed by atoms with van der Waals surface area (Å²) >= 11 is 0. The maximum absolute atomic E-state index is 13.6. The third-order valence-corrected chi connectivity index (χ3v) is 7.67. The Morgan fingerprint density at radius 1 is 0.825 bits per heavy atom. The molecule has 0 unspecified atom stereocenters. The average molecular weight is 562 g/mol. The number of phenolic OH excluding ortho intramolecular Hbond substituents is 1. The Balaban J connectivity index is 0.00000323. The van der Waals surface area contributed by atoms with E-state index >= 15 is 0 Å². The summed E-state index contributed by atoms with van der Waals surface area (Å²) < 4.78 is 34.3. The second-order valence-electron chi connectivity index (χ2n) is 8.95. The molecule has 0 amide bonds. The van der Waals surface area contributed by atoms with Gasteiger partial charge in [0.2, 0.25) is 0 Å². The van der Waals surface area contributed by atoms with Crippen LogP contribution < -0.4 is 62.0 Å². The summed E-state index contributed by atoms with van der Waals surface area (Å²) in [7, 11) is -4.96. The van der Waals surface area contributed by atoms with Crippen molar-refractivity contribution in [1.29, 1.82) is 5.41 Å². The molecule has 0 aliphatic heterocycles. The maximum atomic E-state index is 13.6. The van der Waals surface area contributed by atoms with E-state index in [2.05, 4.69) is 4.99 Å². The van der Waals surface area contributed by atoms with Crippen molar-refractivity contribution in [3.05, 3.63) is 108 Å². The summed E-state index contributed by atoms with van der Waals surface area (Å²) in [4.78, 5) is 30.3. The van der Waals surface area contributed by atoms with Gasteiger partial charge >= 0.3 is 29.6 Å². The molecular formula is C28H16N3NaO7S. The Morgan fingerprint density at radius 3 is 1.98 bits per heavy atom. The molecule has 2 aliphatic rings. The van der Waals surface area contributed by atoms with Crippen LogP contribution in [0.4, 0.5) is 11.4 Å². The van der Waals surface area contributed by atoms with Crippen molar-refractivity contribution in [3.8, 4) is 11.5 Å². The van der Waals surface area contributed by atoms with E-state index < -0.39 is 43.1 Å². The largest absolute Gasteiger partial charge is 1.00 e. The molecule has 2 aliphatic carbocycles. The van der Waals surface area contributed by atoms with Crippen LogP contribution in [0.2, 0.25) is 0 Å². The zero-order valence-electron chi connectivity index (χ0n) is 20.7. The number of aromatic hydroxyl groups is 1. The smallest absolute Gasteiger partial charge is 0.872 e. The number of phenols is 1. The van der Waals surface area contributed by atoms with E-state index in [1.165, 1.54) is 36.4 Å². The fourth-order valence-electron chi connectivity index (χ4n) is 5.02. The molecule has 0 aromatic heterocycles. The molecule has 192 valence electrons. The molecular weight excluding hydrogens is 545 g/mol. The Morgan fingerprint density at radius 2 is 1.38 bits per heavy atom. The monoisotopic (exact) mass is 561 g/mol. The van der Waals surface area contributed by atoms with E-state index in [4.69, 9.17) is 11.1 Å². The van der Waals surface area contributed by atoms with Gasteiger partial charge in [0.05, 0.1) is 37.9 Å². The van der Waals surface area contributed by atoms with Crippen molar-refractivity contribution in [2.75, 3.05) is 5.73 Å². The van der Waals surface area contributed by atoms with E-state index in [0.717, 1.165) is 6.07 Å². The minimum absolute atomic E-state index is 0. The van der Waals surface area contributed by atoms with Crippen molar-refractivity contribution in [2.45, 2.75) is 4.90 Å². The summed E-state index contributed by atoms with van der Waals surface area (Å²) in [6.45, 7) is 0. The number of anilines is 1. The van der Waals surface area contributed by atoms with Crippen molar-refractivity contribution in [1.82, 2.24) is 0 Å². The average Bonchev–Trinajstić information content (AvgIpc) is 2.91. The summed E-state index contributed by atoms with van der Waals surface area (Å²) in [5, 5.41) is 32.1. The van der Waals surface area contributed by atoms with E-state index in [1.807, 2.05) is 0 Å². The Hall–Kier alpha value is -4.13. The van der Waals surface area contributed by atoms with E-state index in [0.29, 0.717) is 0 Å². The Bertz CT molecular complexity index is 2470. The number of rotatable bonds is 2. The van der Waals surface area contributed by atoms with Crippen molar-refractivity contribution < 1.29 is 52.7 Å². The molecule has 4 aromatic rings. The first-order valence-electron chi connectivity index (χ1n) is 11.4. The van der Waals surface area contributed by atoms with Gasteiger partial charge in [0.25, 0.3) is 10.1 Å². The number of nitrogens with two attached hydrogens (primary N) is 1. The van der Waals surface area contributed by atoms with Crippen LogP contribution >= 0.6 is 0 Å². The number of hydrogen-bond donors (Lipinski definition) is 4. The molecule has 0 spiro atoms. The number of hydrogen-bond acceptors (Lipinski definition) is 9. The van der Waals surface area contributed by atoms with Crippen molar-refractivity contribution >= 4 is 53.8 Å². The molecule has 12 heteroatoms. The third-order valence-electron chi connectivity index (χ3n) is 6.77. The summed E-state index contributed by atoms with van der Waals surface area (Å²) in [5.74, 6) is -1.13. The van der Waals surface area contributed by atoms with Gasteiger partial charge < -0.3 is 21.4 Å². The van der Waals surface area contributed by atoms with Crippen LogP contribution in [-0.2, 0) is 10.1 Å². The Labute approximate surface area is 246 Å². The summed E-state index contributed by atoms with van der Waals surface area (Å²) in [6.07, 6.45) is 0. The predicted octanol–water partition coefficient (Wildman–Crippen LogP) is -1.21. The molecule has 10 nitrogen and oxygen atoms in total. The first-order chi connectivity index (χ1) is 18.5. The van der Waals surface area contributed by atoms with Gasteiger partial charge in [0.15, 0.2) is 10.9 Å². The summed E-state index contributed by atoms with van der Waals surface area (Å²) in [6, 6.07) is 15.6. The molecule has 40 heavy (non-hydrogen) atoms. The first kappa shape index (κ1) is 27.4. The first-order valence-corrected chi connectivity index (χ1v) is 12.9. The van der Waals surface area contributed by atoms with Gasteiger partial charge in [-0.1, -0.05) is 54.3 Å². The van der Waals surface area contributed by atoms with E-state index in [9.17, 15) is 32.8 Å². The van der Waals surface area contributed by atoms with Gasteiger partial charge in [-0.15, -0.1) is 0 Å². The van der Waals surface area contributed by atoms with Gasteiger partial charge in [0.1, 0.15) is 10.6 Å². The van der Waals surface area contributed by atoms with E-state index in [-0.39, 0.29) is 88.7 Å². The van der Waals surface area contributed by atoms with Gasteiger partial charge in [-0.25, -0.2) is 4.99 Å². The molecule has 0 bridgehead atoms. The van der Waals surface area contributed by atoms with Crippen LogP contribution in [0.1, 0.15) is 0 Å². The van der Waals surface area contributed by atoms with Crippen molar-refractivity contribution in [3.63, 3.8) is 0 Å². The molecule has 4 aromatic carbocycles.